The maximum Gasteiger partial charge on any atom is 0.187 e. The third kappa shape index (κ3) is 4.86. The number of methoxy groups -OCH3 is 1. The van der Waals surface area contributed by atoms with Crippen molar-refractivity contribution >= 4 is 0 Å². The van der Waals surface area contributed by atoms with Gasteiger partial charge in [0.25, 0.3) is 0 Å². The zero-order valence-electron chi connectivity index (χ0n) is 19.1. The Morgan fingerprint density at radius 3 is 2.22 bits per heavy atom. The molecule has 0 amide bonds. The van der Waals surface area contributed by atoms with E-state index in [4.69, 9.17) is 33.2 Å². The van der Waals surface area contributed by atoms with Crippen molar-refractivity contribution in [3.63, 3.8) is 0 Å². The van der Waals surface area contributed by atoms with Gasteiger partial charge < -0.3 is 43.4 Å². The van der Waals surface area contributed by atoms with Gasteiger partial charge in [0.1, 0.15) is 36.6 Å². The molecule has 2 N–H and O–H groups in total. The molecule has 4 rings (SSSR count). The second-order valence-corrected chi connectivity index (χ2v) is 9.06. The van der Waals surface area contributed by atoms with Crippen LogP contribution in [0.1, 0.15) is 33.3 Å². The molecule has 0 aliphatic carbocycles. The summed E-state index contributed by atoms with van der Waals surface area (Å²) in [4.78, 5) is 0. The fraction of sp³-hybridized carbons (Fsp3) is 0.739. The van der Waals surface area contributed by atoms with Gasteiger partial charge in [-0.3, -0.25) is 0 Å². The minimum absolute atomic E-state index is 0.243. The van der Waals surface area contributed by atoms with Crippen molar-refractivity contribution in [3.8, 4) is 0 Å². The molecule has 1 aromatic rings. The summed E-state index contributed by atoms with van der Waals surface area (Å²) in [7, 11) is 1.55. The van der Waals surface area contributed by atoms with Crippen LogP contribution in [0.3, 0.4) is 0 Å². The van der Waals surface area contributed by atoms with Crippen molar-refractivity contribution in [1.82, 2.24) is 0 Å². The molecule has 180 valence electrons. The highest BCUT2D eigenvalue weighted by molar-refractivity contribution is 5.13. The number of benzene rings is 1. The van der Waals surface area contributed by atoms with Gasteiger partial charge in [0.05, 0.1) is 18.8 Å². The van der Waals surface area contributed by atoms with Crippen molar-refractivity contribution in [2.45, 2.75) is 102 Å². The Kier molecular flexibility index (Phi) is 7.21. The molecule has 0 radical (unpaired) electrons. The monoisotopic (exact) mass is 454 g/mol. The SMILES string of the molecule is CO[C@@H]1O[C@@H](C)[C@H](O[C@H]2O[C@@H](C)[C@H](O)[C@@H](OCc3ccccc3)[C@H]2O)[C@H]2OC(C)(C)O[C@@H]12. The van der Waals surface area contributed by atoms with E-state index in [0.717, 1.165) is 5.56 Å². The van der Waals surface area contributed by atoms with Gasteiger partial charge in [0.2, 0.25) is 0 Å². The summed E-state index contributed by atoms with van der Waals surface area (Å²) in [6.07, 6.45) is -7.35. The topological polar surface area (TPSA) is 105 Å². The third-order valence-electron chi connectivity index (χ3n) is 6.16. The number of hydrogen-bond donors (Lipinski definition) is 2. The van der Waals surface area contributed by atoms with Gasteiger partial charge in [-0.15, -0.1) is 0 Å². The minimum atomic E-state index is -1.22. The molecule has 0 aromatic heterocycles. The molecule has 0 bridgehead atoms. The molecular formula is C23H34O9. The molecule has 3 aliphatic heterocycles. The Morgan fingerprint density at radius 1 is 0.875 bits per heavy atom. The molecule has 9 heteroatoms. The first-order valence-electron chi connectivity index (χ1n) is 11.1. The van der Waals surface area contributed by atoms with Crippen LogP contribution in [-0.2, 0) is 39.8 Å². The van der Waals surface area contributed by atoms with Crippen LogP contribution in [0.4, 0.5) is 0 Å². The molecule has 9 nitrogen and oxygen atoms in total. The maximum atomic E-state index is 11.0. The van der Waals surface area contributed by atoms with E-state index in [0.29, 0.717) is 0 Å². The average Bonchev–Trinajstić information content (AvgIpc) is 3.09. The molecule has 0 unspecified atom stereocenters. The highest BCUT2D eigenvalue weighted by Gasteiger charge is 2.57. The Morgan fingerprint density at radius 2 is 1.53 bits per heavy atom. The lowest BCUT2D eigenvalue weighted by atomic mass is 9.97. The molecule has 10 atom stereocenters. The van der Waals surface area contributed by atoms with E-state index in [9.17, 15) is 10.2 Å². The molecule has 0 saturated carbocycles. The fourth-order valence-corrected chi connectivity index (χ4v) is 4.52. The van der Waals surface area contributed by atoms with Crippen LogP contribution >= 0.6 is 0 Å². The predicted molar refractivity (Wildman–Crippen MR) is 111 cm³/mol. The second-order valence-electron chi connectivity index (χ2n) is 9.06. The molecule has 32 heavy (non-hydrogen) atoms. The number of aliphatic hydroxyl groups excluding tert-OH is 2. The Labute approximate surface area is 188 Å². The third-order valence-corrected chi connectivity index (χ3v) is 6.16. The van der Waals surface area contributed by atoms with Crippen molar-refractivity contribution in [1.29, 1.82) is 0 Å². The Bertz CT molecular complexity index is 744. The molecule has 3 saturated heterocycles. The van der Waals surface area contributed by atoms with Crippen molar-refractivity contribution in [2.24, 2.45) is 0 Å². The van der Waals surface area contributed by atoms with Crippen LogP contribution in [0.15, 0.2) is 30.3 Å². The minimum Gasteiger partial charge on any atom is -0.388 e. The molecule has 3 aliphatic rings. The van der Waals surface area contributed by atoms with Crippen molar-refractivity contribution in [2.75, 3.05) is 7.11 Å². The van der Waals surface area contributed by atoms with E-state index in [1.807, 2.05) is 51.1 Å². The van der Waals surface area contributed by atoms with Gasteiger partial charge in [0, 0.05) is 7.11 Å². The van der Waals surface area contributed by atoms with Crippen molar-refractivity contribution < 1.29 is 43.4 Å². The lowest BCUT2D eigenvalue weighted by Gasteiger charge is -2.45. The first-order valence-corrected chi connectivity index (χ1v) is 11.1. The van der Waals surface area contributed by atoms with Crippen LogP contribution in [0, 0.1) is 0 Å². The Balaban J connectivity index is 1.47. The zero-order chi connectivity index (χ0) is 23.0. The number of rotatable bonds is 6. The molecule has 3 fully saturated rings. The van der Waals surface area contributed by atoms with Crippen LogP contribution in [0.5, 0.6) is 0 Å². The van der Waals surface area contributed by atoms with Crippen LogP contribution in [0.25, 0.3) is 0 Å². The van der Waals surface area contributed by atoms with Crippen LogP contribution in [0.2, 0.25) is 0 Å². The lowest BCUT2D eigenvalue weighted by molar-refractivity contribution is -0.344. The van der Waals surface area contributed by atoms with Crippen LogP contribution in [-0.4, -0.2) is 84.5 Å². The van der Waals surface area contributed by atoms with E-state index in [1.54, 1.807) is 14.0 Å². The zero-order valence-corrected chi connectivity index (χ0v) is 19.1. The van der Waals surface area contributed by atoms with Gasteiger partial charge >= 0.3 is 0 Å². The van der Waals surface area contributed by atoms with Gasteiger partial charge in [-0.25, -0.2) is 0 Å². The normalized spacial score (nSPS) is 43.7. The van der Waals surface area contributed by atoms with E-state index in [2.05, 4.69) is 0 Å². The van der Waals surface area contributed by atoms with Crippen molar-refractivity contribution in [3.05, 3.63) is 35.9 Å². The summed E-state index contributed by atoms with van der Waals surface area (Å²) >= 11 is 0. The standard InChI is InChI=1S/C23H34O9/c1-12-15(24)18(27-11-14-9-7-6-8-10-14)16(25)21(28-12)30-17-13(2)29-22(26-5)20-19(17)31-23(3,4)32-20/h6-10,12-13,15-22,24-25H,11H2,1-5H3/t12-,13-,15-,16+,17-,18+,19+,20+,21+,22+/m0/s1. The van der Waals surface area contributed by atoms with E-state index < -0.39 is 67.2 Å². The summed E-state index contributed by atoms with van der Waals surface area (Å²) in [5.74, 6) is -0.835. The number of fused-ring (bicyclic) bond motifs is 1. The van der Waals surface area contributed by atoms with E-state index in [1.165, 1.54) is 0 Å². The quantitative estimate of drug-likeness (QED) is 0.659. The molecule has 1 aromatic carbocycles. The van der Waals surface area contributed by atoms with Gasteiger partial charge in [-0.05, 0) is 33.3 Å². The van der Waals surface area contributed by atoms with Gasteiger partial charge in [-0.1, -0.05) is 30.3 Å². The lowest BCUT2D eigenvalue weighted by Crippen LogP contribution is -2.62. The highest BCUT2D eigenvalue weighted by atomic mass is 16.8. The highest BCUT2D eigenvalue weighted by Crippen LogP contribution is 2.40. The Hall–Kier alpha value is -1.14. The largest absolute Gasteiger partial charge is 0.388 e. The number of hydrogen-bond acceptors (Lipinski definition) is 9. The molecule has 0 spiro atoms. The fourth-order valence-electron chi connectivity index (χ4n) is 4.52. The molecular weight excluding hydrogens is 420 g/mol. The first kappa shape index (κ1) is 24.0. The summed E-state index contributed by atoms with van der Waals surface area (Å²) in [5.41, 5.74) is 0.935. The summed E-state index contributed by atoms with van der Waals surface area (Å²) in [6.45, 7) is 7.44. The smallest absolute Gasteiger partial charge is 0.187 e. The first-order chi connectivity index (χ1) is 15.2. The average molecular weight is 455 g/mol. The van der Waals surface area contributed by atoms with E-state index >= 15 is 0 Å². The second kappa shape index (κ2) is 9.61. The predicted octanol–water partition coefficient (Wildman–Crippen LogP) is 1.33. The number of ether oxygens (including phenoxy) is 7. The summed E-state index contributed by atoms with van der Waals surface area (Å²) in [6, 6.07) is 9.56. The summed E-state index contributed by atoms with van der Waals surface area (Å²) < 4.78 is 41.4. The number of aliphatic hydroxyl groups is 2. The van der Waals surface area contributed by atoms with E-state index in [-0.39, 0.29) is 6.61 Å². The van der Waals surface area contributed by atoms with Gasteiger partial charge in [-0.2, -0.15) is 0 Å². The maximum absolute atomic E-state index is 11.0. The molecule has 3 heterocycles. The summed E-state index contributed by atoms with van der Waals surface area (Å²) in [5, 5.41) is 21.6. The van der Waals surface area contributed by atoms with Gasteiger partial charge in [0.15, 0.2) is 18.4 Å². The van der Waals surface area contributed by atoms with Crippen LogP contribution < -0.4 is 0 Å².